The third-order valence-corrected chi connectivity index (χ3v) is 3.34. The summed E-state index contributed by atoms with van der Waals surface area (Å²) in [6.07, 6.45) is 2.44. The highest BCUT2D eigenvalue weighted by atomic mass is 35.5. The fourth-order valence-electron chi connectivity index (χ4n) is 2.04. The van der Waals surface area contributed by atoms with Gasteiger partial charge in [0.2, 0.25) is 0 Å². The summed E-state index contributed by atoms with van der Waals surface area (Å²) in [6.45, 7) is 5.43. The van der Waals surface area contributed by atoms with Crippen LogP contribution in [0.3, 0.4) is 0 Å². The molecule has 1 aliphatic heterocycles. The zero-order valence-corrected chi connectivity index (χ0v) is 10.3. The largest absolute Gasteiger partial charge is 0.390 e. The van der Waals surface area contributed by atoms with Crippen molar-refractivity contribution < 1.29 is 5.11 Å². The second-order valence-corrected chi connectivity index (χ2v) is 5.17. The van der Waals surface area contributed by atoms with E-state index in [4.69, 9.17) is 11.6 Å². The van der Waals surface area contributed by atoms with Crippen molar-refractivity contribution >= 4 is 17.4 Å². The van der Waals surface area contributed by atoms with E-state index in [2.05, 4.69) is 14.9 Å². The van der Waals surface area contributed by atoms with Gasteiger partial charge in [-0.05, 0) is 20.3 Å². The molecule has 1 atom stereocenters. The van der Waals surface area contributed by atoms with E-state index in [-0.39, 0.29) is 5.92 Å². The van der Waals surface area contributed by atoms with Crippen LogP contribution in [-0.4, -0.2) is 33.8 Å². The first-order chi connectivity index (χ1) is 7.47. The van der Waals surface area contributed by atoms with Gasteiger partial charge in [-0.2, -0.15) is 0 Å². The fraction of sp³-hybridized carbons (Fsp3) is 0.636. The normalized spacial score (nSPS) is 21.5. The Morgan fingerprint density at radius 1 is 1.50 bits per heavy atom. The van der Waals surface area contributed by atoms with E-state index in [1.165, 1.54) is 6.33 Å². The second-order valence-electron chi connectivity index (χ2n) is 4.78. The van der Waals surface area contributed by atoms with Gasteiger partial charge >= 0.3 is 0 Å². The van der Waals surface area contributed by atoms with Gasteiger partial charge in [0, 0.05) is 25.1 Å². The number of hydrogen-bond acceptors (Lipinski definition) is 4. The Kier molecular flexibility index (Phi) is 3.04. The van der Waals surface area contributed by atoms with Gasteiger partial charge in [0.15, 0.2) is 0 Å². The van der Waals surface area contributed by atoms with Crippen LogP contribution in [0.2, 0.25) is 5.15 Å². The summed E-state index contributed by atoms with van der Waals surface area (Å²) in [5.74, 6) is 1.12. The molecule has 0 amide bonds. The first kappa shape index (κ1) is 11.6. The minimum absolute atomic E-state index is 0.279. The van der Waals surface area contributed by atoms with E-state index in [1.807, 2.05) is 13.8 Å². The Labute approximate surface area is 100 Å². The van der Waals surface area contributed by atoms with Crippen LogP contribution in [0.5, 0.6) is 0 Å². The average molecular weight is 242 g/mol. The third-order valence-electron chi connectivity index (χ3n) is 3.13. The van der Waals surface area contributed by atoms with Gasteiger partial charge in [-0.3, -0.25) is 0 Å². The lowest BCUT2D eigenvalue weighted by Crippen LogP contribution is -2.33. The van der Waals surface area contributed by atoms with E-state index in [0.29, 0.717) is 5.15 Å². The Morgan fingerprint density at radius 2 is 2.25 bits per heavy atom. The lowest BCUT2D eigenvalue weighted by atomic mass is 9.90. The first-order valence-corrected chi connectivity index (χ1v) is 5.79. The number of anilines is 1. The van der Waals surface area contributed by atoms with Crippen LogP contribution < -0.4 is 4.90 Å². The van der Waals surface area contributed by atoms with Crippen LogP contribution >= 0.6 is 11.6 Å². The number of hydrogen-bond donors (Lipinski definition) is 1. The van der Waals surface area contributed by atoms with Crippen molar-refractivity contribution in [3.05, 3.63) is 17.5 Å². The van der Waals surface area contributed by atoms with Crippen molar-refractivity contribution in [3.63, 3.8) is 0 Å². The number of aromatic nitrogens is 2. The van der Waals surface area contributed by atoms with Crippen LogP contribution in [0.4, 0.5) is 5.82 Å². The molecule has 2 heterocycles. The quantitative estimate of drug-likeness (QED) is 0.802. The highest BCUT2D eigenvalue weighted by molar-refractivity contribution is 6.29. The molecule has 0 unspecified atom stereocenters. The van der Waals surface area contributed by atoms with E-state index in [9.17, 15) is 5.11 Å². The zero-order valence-electron chi connectivity index (χ0n) is 9.52. The van der Waals surface area contributed by atoms with Gasteiger partial charge in [-0.15, -0.1) is 0 Å². The Morgan fingerprint density at radius 3 is 2.81 bits per heavy atom. The molecule has 0 aromatic carbocycles. The molecule has 16 heavy (non-hydrogen) atoms. The minimum atomic E-state index is -0.633. The molecule has 2 rings (SSSR count). The summed E-state index contributed by atoms with van der Waals surface area (Å²) >= 11 is 5.82. The van der Waals surface area contributed by atoms with E-state index >= 15 is 0 Å². The standard InChI is InChI=1S/C11H16ClN3O/c1-11(2,16)8-3-4-15(6-8)10-5-9(12)13-7-14-10/h5,7-8,16H,3-4,6H2,1-2H3/t8-/m0/s1. The van der Waals surface area contributed by atoms with E-state index in [0.717, 1.165) is 25.3 Å². The van der Waals surface area contributed by atoms with E-state index < -0.39 is 5.60 Å². The molecule has 0 radical (unpaired) electrons. The summed E-state index contributed by atoms with van der Waals surface area (Å²) < 4.78 is 0. The van der Waals surface area contributed by atoms with Crippen LogP contribution in [0.25, 0.3) is 0 Å². The van der Waals surface area contributed by atoms with Crippen molar-refractivity contribution in [1.82, 2.24) is 9.97 Å². The second kappa shape index (κ2) is 4.18. The molecule has 1 aromatic rings. The maximum atomic E-state index is 9.95. The number of aliphatic hydroxyl groups is 1. The third kappa shape index (κ3) is 2.44. The van der Waals surface area contributed by atoms with Gasteiger partial charge in [-0.1, -0.05) is 11.6 Å². The predicted molar refractivity (Wildman–Crippen MR) is 63.7 cm³/mol. The van der Waals surface area contributed by atoms with Gasteiger partial charge in [0.1, 0.15) is 17.3 Å². The Balaban J connectivity index is 2.09. The lowest BCUT2D eigenvalue weighted by molar-refractivity contribution is 0.0263. The van der Waals surface area contributed by atoms with Crippen LogP contribution in [-0.2, 0) is 0 Å². The summed E-state index contributed by atoms with van der Waals surface area (Å²) in [4.78, 5) is 10.2. The molecule has 1 N–H and O–H groups in total. The first-order valence-electron chi connectivity index (χ1n) is 5.41. The van der Waals surface area contributed by atoms with Gasteiger partial charge in [0.25, 0.3) is 0 Å². The molecular formula is C11H16ClN3O. The number of halogens is 1. The molecule has 1 saturated heterocycles. The molecule has 5 heteroatoms. The Bertz CT molecular complexity index is 378. The molecule has 0 saturated carbocycles. The van der Waals surface area contributed by atoms with Gasteiger partial charge in [-0.25, -0.2) is 9.97 Å². The smallest absolute Gasteiger partial charge is 0.134 e. The lowest BCUT2D eigenvalue weighted by Gasteiger charge is -2.25. The summed E-state index contributed by atoms with van der Waals surface area (Å²) in [5, 5.41) is 10.4. The molecule has 1 fully saturated rings. The molecule has 1 aromatic heterocycles. The molecule has 0 spiro atoms. The number of nitrogens with zero attached hydrogens (tertiary/aromatic N) is 3. The van der Waals surface area contributed by atoms with Crippen LogP contribution in [0.15, 0.2) is 12.4 Å². The van der Waals surface area contributed by atoms with Crippen molar-refractivity contribution in [2.24, 2.45) is 5.92 Å². The van der Waals surface area contributed by atoms with Crippen LogP contribution in [0, 0.1) is 5.92 Å². The molecule has 1 aliphatic rings. The highest BCUT2D eigenvalue weighted by Gasteiger charge is 2.33. The average Bonchev–Trinajstić information content (AvgIpc) is 2.65. The SMILES string of the molecule is CC(C)(O)[C@H]1CCN(c2cc(Cl)ncn2)C1. The summed E-state index contributed by atoms with van der Waals surface area (Å²) in [7, 11) is 0. The predicted octanol–water partition coefficient (Wildman–Crippen LogP) is 1.73. The summed E-state index contributed by atoms with van der Waals surface area (Å²) in [5.41, 5.74) is -0.633. The molecule has 0 bridgehead atoms. The van der Waals surface area contributed by atoms with Crippen molar-refractivity contribution in [2.45, 2.75) is 25.9 Å². The van der Waals surface area contributed by atoms with Crippen LogP contribution in [0.1, 0.15) is 20.3 Å². The fourth-order valence-corrected chi connectivity index (χ4v) is 2.18. The van der Waals surface area contributed by atoms with Crippen molar-refractivity contribution in [1.29, 1.82) is 0 Å². The number of rotatable bonds is 2. The van der Waals surface area contributed by atoms with Gasteiger partial charge in [0.05, 0.1) is 5.60 Å². The molecule has 4 nitrogen and oxygen atoms in total. The molecule has 0 aliphatic carbocycles. The van der Waals surface area contributed by atoms with Crippen molar-refractivity contribution in [2.75, 3.05) is 18.0 Å². The topological polar surface area (TPSA) is 49.2 Å². The monoisotopic (exact) mass is 241 g/mol. The zero-order chi connectivity index (χ0) is 11.8. The van der Waals surface area contributed by atoms with Gasteiger partial charge < -0.3 is 10.0 Å². The van der Waals surface area contributed by atoms with Crippen molar-refractivity contribution in [3.8, 4) is 0 Å². The van der Waals surface area contributed by atoms with E-state index in [1.54, 1.807) is 6.07 Å². The minimum Gasteiger partial charge on any atom is -0.390 e. The molecule has 88 valence electrons. The maximum Gasteiger partial charge on any atom is 0.134 e. The molecular weight excluding hydrogens is 226 g/mol. The maximum absolute atomic E-state index is 9.95. The highest BCUT2D eigenvalue weighted by Crippen LogP contribution is 2.29. The summed E-state index contributed by atoms with van der Waals surface area (Å²) in [6, 6.07) is 1.76. The Hall–Kier alpha value is -0.870.